The molecular formula is C14H16BrN3. The van der Waals surface area contributed by atoms with Gasteiger partial charge in [0.25, 0.3) is 0 Å². The zero-order valence-electron chi connectivity index (χ0n) is 10.3. The molecule has 0 saturated carbocycles. The molecule has 0 amide bonds. The third-order valence-electron chi connectivity index (χ3n) is 2.78. The number of pyridine rings is 1. The summed E-state index contributed by atoms with van der Waals surface area (Å²) >= 11 is 3.38. The zero-order valence-corrected chi connectivity index (χ0v) is 11.9. The Bertz CT molecular complexity index is 493. The Hall–Kier alpha value is -1.39. The largest absolute Gasteiger partial charge is 0.355 e. The van der Waals surface area contributed by atoms with Gasteiger partial charge < -0.3 is 10.6 Å². The average molecular weight is 306 g/mol. The Morgan fingerprint density at radius 1 is 1.11 bits per heavy atom. The van der Waals surface area contributed by atoms with Crippen molar-refractivity contribution >= 4 is 21.7 Å². The van der Waals surface area contributed by atoms with Gasteiger partial charge in [0.05, 0.1) is 0 Å². The molecular weight excluding hydrogens is 290 g/mol. The minimum atomic E-state index is 0.588. The predicted molar refractivity (Wildman–Crippen MR) is 78.4 cm³/mol. The van der Waals surface area contributed by atoms with Crippen molar-refractivity contribution in [2.45, 2.75) is 13.1 Å². The number of anilines is 1. The van der Waals surface area contributed by atoms with Crippen molar-refractivity contribution in [3.05, 3.63) is 58.2 Å². The van der Waals surface area contributed by atoms with Crippen molar-refractivity contribution in [3.63, 3.8) is 0 Å². The Labute approximate surface area is 116 Å². The van der Waals surface area contributed by atoms with Crippen LogP contribution in [0, 0.1) is 0 Å². The zero-order chi connectivity index (χ0) is 13.0. The van der Waals surface area contributed by atoms with Gasteiger partial charge in [0, 0.05) is 30.8 Å². The van der Waals surface area contributed by atoms with Gasteiger partial charge in [-0.2, -0.15) is 0 Å². The molecule has 1 heterocycles. The van der Waals surface area contributed by atoms with Crippen LogP contribution >= 0.6 is 15.9 Å². The first-order valence-corrected chi connectivity index (χ1v) is 6.59. The van der Waals surface area contributed by atoms with Crippen LogP contribution in [0.25, 0.3) is 0 Å². The van der Waals surface area contributed by atoms with E-state index in [1.807, 2.05) is 25.4 Å². The van der Waals surface area contributed by atoms with Crippen LogP contribution < -0.4 is 10.6 Å². The summed E-state index contributed by atoms with van der Waals surface area (Å²) in [4.78, 5) is 6.48. The van der Waals surface area contributed by atoms with Gasteiger partial charge >= 0.3 is 0 Å². The Balaban J connectivity index is 2.05. The highest BCUT2D eigenvalue weighted by Gasteiger charge is 2.03. The van der Waals surface area contributed by atoms with E-state index in [1.165, 1.54) is 5.56 Å². The van der Waals surface area contributed by atoms with E-state index in [2.05, 4.69) is 50.1 Å². The monoisotopic (exact) mass is 305 g/mol. The quantitative estimate of drug-likeness (QED) is 0.944. The molecule has 0 aliphatic rings. The average Bonchev–Trinajstić information content (AvgIpc) is 2.40. The predicted octanol–water partition coefficient (Wildman–Crippen LogP) is 2.94. The molecule has 0 saturated heterocycles. The normalized spacial score (nSPS) is 10.4. The summed E-state index contributed by atoms with van der Waals surface area (Å²) in [5.74, 6) is 0.959. The number of hydrogen-bond donors (Lipinski definition) is 1. The number of aromatic nitrogens is 1. The van der Waals surface area contributed by atoms with E-state index in [-0.39, 0.29) is 0 Å². The van der Waals surface area contributed by atoms with Gasteiger partial charge in [0.15, 0.2) is 0 Å². The summed E-state index contributed by atoms with van der Waals surface area (Å²) in [7, 11) is 2.03. The van der Waals surface area contributed by atoms with Crippen LogP contribution in [0.3, 0.4) is 0 Å². The minimum Gasteiger partial charge on any atom is -0.355 e. The molecule has 0 spiro atoms. The van der Waals surface area contributed by atoms with Crippen molar-refractivity contribution in [1.29, 1.82) is 0 Å². The third kappa shape index (κ3) is 3.31. The van der Waals surface area contributed by atoms with Gasteiger partial charge in [-0.3, -0.25) is 0 Å². The standard InChI is InChI=1S/C14H16BrN3/c1-18(14-7-6-13(15)9-17-14)10-12-4-2-11(8-16)3-5-12/h2-7,9H,8,10,16H2,1H3. The van der Waals surface area contributed by atoms with E-state index in [9.17, 15) is 0 Å². The van der Waals surface area contributed by atoms with Crippen LogP contribution in [0.4, 0.5) is 5.82 Å². The molecule has 1 aromatic carbocycles. The van der Waals surface area contributed by atoms with Crippen molar-refractivity contribution < 1.29 is 0 Å². The van der Waals surface area contributed by atoms with E-state index in [1.54, 1.807) is 0 Å². The first kappa shape index (κ1) is 13.1. The minimum absolute atomic E-state index is 0.588. The number of rotatable bonds is 4. The third-order valence-corrected chi connectivity index (χ3v) is 3.25. The van der Waals surface area contributed by atoms with Crippen LogP contribution in [0.2, 0.25) is 0 Å². The van der Waals surface area contributed by atoms with Crippen LogP contribution in [-0.4, -0.2) is 12.0 Å². The summed E-state index contributed by atoms with van der Waals surface area (Å²) in [5, 5.41) is 0. The van der Waals surface area contributed by atoms with Gasteiger partial charge in [-0.1, -0.05) is 24.3 Å². The molecule has 18 heavy (non-hydrogen) atoms. The van der Waals surface area contributed by atoms with Crippen molar-refractivity contribution in [1.82, 2.24) is 4.98 Å². The summed E-state index contributed by atoms with van der Waals surface area (Å²) in [5.41, 5.74) is 7.99. The van der Waals surface area contributed by atoms with E-state index < -0.39 is 0 Å². The summed E-state index contributed by atoms with van der Waals surface area (Å²) < 4.78 is 0.993. The van der Waals surface area contributed by atoms with Gasteiger partial charge in [0.2, 0.25) is 0 Å². The maximum Gasteiger partial charge on any atom is 0.128 e. The van der Waals surface area contributed by atoms with Gasteiger partial charge in [-0.25, -0.2) is 4.98 Å². The maximum absolute atomic E-state index is 5.58. The summed E-state index contributed by atoms with van der Waals surface area (Å²) in [6.45, 7) is 1.42. The molecule has 2 aromatic rings. The molecule has 1 aromatic heterocycles. The number of halogens is 1. The van der Waals surface area contributed by atoms with Crippen LogP contribution in [-0.2, 0) is 13.1 Å². The molecule has 2 rings (SSSR count). The second-order valence-corrected chi connectivity index (χ2v) is 5.13. The maximum atomic E-state index is 5.58. The Morgan fingerprint density at radius 2 is 1.78 bits per heavy atom. The smallest absolute Gasteiger partial charge is 0.128 e. The van der Waals surface area contributed by atoms with E-state index in [0.717, 1.165) is 22.4 Å². The highest BCUT2D eigenvalue weighted by molar-refractivity contribution is 9.10. The highest BCUT2D eigenvalue weighted by atomic mass is 79.9. The molecule has 0 radical (unpaired) electrons. The SMILES string of the molecule is CN(Cc1ccc(CN)cc1)c1ccc(Br)cn1. The number of nitrogens with zero attached hydrogens (tertiary/aromatic N) is 2. The molecule has 94 valence electrons. The Kier molecular flexibility index (Phi) is 4.33. The molecule has 0 bridgehead atoms. The highest BCUT2D eigenvalue weighted by Crippen LogP contribution is 2.16. The summed E-state index contributed by atoms with van der Waals surface area (Å²) in [6.07, 6.45) is 1.81. The molecule has 3 nitrogen and oxygen atoms in total. The van der Waals surface area contributed by atoms with Crippen molar-refractivity contribution in [2.75, 3.05) is 11.9 Å². The molecule has 0 unspecified atom stereocenters. The first-order valence-electron chi connectivity index (χ1n) is 5.79. The molecule has 0 atom stereocenters. The fraction of sp³-hybridized carbons (Fsp3) is 0.214. The van der Waals surface area contributed by atoms with Gasteiger partial charge in [-0.15, -0.1) is 0 Å². The Morgan fingerprint density at radius 3 is 2.33 bits per heavy atom. The molecule has 4 heteroatoms. The lowest BCUT2D eigenvalue weighted by atomic mass is 10.1. The second-order valence-electron chi connectivity index (χ2n) is 4.21. The van der Waals surface area contributed by atoms with Gasteiger partial charge in [0.1, 0.15) is 5.82 Å². The molecule has 2 N–H and O–H groups in total. The molecule has 0 aliphatic carbocycles. The van der Waals surface area contributed by atoms with E-state index in [0.29, 0.717) is 6.54 Å². The number of nitrogens with two attached hydrogens (primary N) is 1. The van der Waals surface area contributed by atoms with E-state index in [4.69, 9.17) is 5.73 Å². The van der Waals surface area contributed by atoms with Crippen LogP contribution in [0.5, 0.6) is 0 Å². The van der Waals surface area contributed by atoms with Crippen molar-refractivity contribution in [2.24, 2.45) is 5.73 Å². The fourth-order valence-corrected chi connectivity index (χ4v) is 1.96. The lowest BCUT2D eigenvalue weighted by Gasteiger charge is -2.18. The van der Waals surface area contributed by atoms with E-state index >= 15 is 0 Å². The fourth-order valence-electron chi connectivity index (χ4n) is 1.73. The lowest BCUT2D eigenvalue weighted by molar-refractivity contribution is 0.895. The lowest BCUT2D eigenvalue weighted by Crippen LogP contribution is -2.17. The first-order chi connectivity index (χ1) is 8.69. The number of hydrogen-bond acceptors (Lipinski definition) is 3. The molecule has 0 fully saturated rings. The van der Waals surface area contributed by atoms with Crippen LogP contribution in [0.15, 0.2) is 47.1 Å². The summed E-state index contributed by atoms with van der Waals surface area (Å²) in [6, 6.07) is 12.3. The number of benzene rings is 1. The van der Waals surface area contributed by atoms with Crippen LogP contribution in [0.1, 0.15) is 11.1 Å². The van der Waals surface area contributed by atoms with Gasteiger partial charge in [-0.05, 0) is 39.2 Å². The second kappa shape index (κ2) is 5.98. The topological polar surface area (TPSA) is 42.1 Å². The van der Waals surface area contributed by atoms with Crippen molar-refractivity contribution in [3.8, 4) is 0 Å². The molecule has 0 aliphatic heterocycles.